The van der Waals surface area contributed by atoms with Gasteiger partial charge in [-0.3, -0.25) is 0 Å². The summed E-state index contributed by atoms with van der Waals surface area (Å²) in [6.07, 6.45) is 11.9. The van der Waals surface area contributed by atoms with E-state index in [-0.39, 0.29) is 0 Å². The van der Waals surface area contributed by atoms with Crippen molar-refractivity contribution in [2.75, 3.05) is 6.54 Å². The van der Waals surface area contributed by atoms with Gasteiger partial charge in [-0.2, -0.15) is 0 Å². The van der Waals surface area contributed by atoms with E-state index in [9.17, 15) is 0 Å². The second-order valence-corrected chi connectivity index (χ2v) is 6.63. The summed E-state index contributed by atoms with van der Waals surface area (Å²) in [5.41, 5.74) is 13.9. The molecule has 0 unspecified atom stereocenters. The summed E-state index contributed by atoms with van der Waals surface area (Å²) in [5, 5.41) is 0. The van der Waals surface area contributed by atoms with Gasteiger partial charge in [-0.25, -0.2) is 0 Å². The summed E-state index contributed by atoms with van der Waals surface area (Å²) in [6, 6.07) is 12.8. The molecule has 1 aromatic heterocycles. The molecule has 3 nitrogen and oxygen atoms in total. The average Bonchev–Trinajstić information content (AvgIpc) is 3.19. The number of nitrogens with zero attached hydrogens (tertiary/aromatic N) is 2. The Kier molecular flexibility index (Phi) is 3.83. The molecule has 1 aromatic carbocycles. The Morgan fingerprint density at radius 1 is 1.21 bits per heavy atom. The van der Waals surface area contributed by atoms with Crippen LogP contribution >= 0.6 is 0 Å². The lowest BCUT2D eigenvalue weighted by Crippen LogP contribution is -2.30. The standard InChI is InChI=1S/C20H22BN3/c1-15-14-17(10-9-16-6-3-2-4-7-16)24-20(15)18(11-12-22)19-8-5-13-23(19)21-24/h2-10,13-14H,11-12,21-22H2,1H3. The molecule has 2 aliphatic rings. The van der Waals surface area contributed by atoms with Crippen molar-refractivity contribution in [3.8, 4) is 0 Å². The molecule has 0 atom stereocenters. The molecule has 0 aliphatic carbocycles. The minimum Gasteiger partial charge on any atom is -0.460 e. The lowest BCUT2D eigenvalue weighted by atomic mass is 9.94. The van der Waals surface area contributed by atoms with Crippen molar-refractivity contribution >= 4 is 31.5 Å². The summed E-state index contributed by atoms with van der Waals surface area (Å²) in [4.78, 5) is 0. The minimum absolute atomic E-state index is 0.445. The van der Waals surface area contributed by atoms with E-state index in [1.54, 1.807) is 0 Å². The molecule has 0 bridgehead atoms. The number of fused-ring (bicyclic) bond motifs is 2. The van der Waals surface area contributed by atoms with E-state index in [0.717, 1.165) is 6.42 Å². The van der Waals surface area contributed by atoms with Gasteiger partial charge in [-0.15, -0.1) is 0 Å². The van der Waals surface area contributed by atoms with Crippen LogP contribution in [0.25, 0.3) is 17.7 Å². The smallest absolute Gasteiger partial charge is 0.353 e. The van der Waals surface area contributed by atoms with Gasteiger partial charge in [-0.1, -0.05) is 36.4 Å². The van der Waals surface area contributed by atoms with Gasteiger partial charge in [0.05, 0.1) is 0 Å². The molecule has 2 aliphatic heterocycles. The Balaban J connectivity index is 1.78. The molecule has 0 spiro atoms. The highest BCUT2D eigenvalue weighted by Crippen LogP contribution is 2.33. The maximum Gasteiger partial charge on any atom is 0.353 e. The SMILES string of the molecule is Cc1cc(C=Cc2ccccc2)n2c1C(CCN)=C1C=CC=[N+]1[BH2-]2. The van der Waals surface area contributed by atoms with Crippen LogP contribution in [0.1, 0.15) is 28.9 Å². The fraction of sp³-hybridized carbons (Fsp3) is 0.150. The number of aromatic nitrogens is 1. The first-order valence-corrected chi connectivity index (χ1v) is 8.69. The number of hydrogen-bond donors (Lipinski definition) is 1. The van der Waals surface area contributed by atoms with Crippen LogP contribution < -0.4 is 5.73 Å². The van der Waals surface area contributed by atoms with E-state index < -0.39 is 7.55 Å². The zero-order chi connectivity index (χ0) is 16.5. The first-order chi connectivity index (χ1) is 11.8. The Morgan fingerprint density at radius 3 is 2.83 bits per heavy atom. The molecule has 4 rings (SSSR count). The Hall–Kier alpha value is -2.59. The van der Waals surface area contributed by atoms with Gasteiger partial charge >= 0.3 is 7.55 Å². The number of benzene rings is 1. The van der Waals surface area contributed by atoms with E-state index in [4.69, 9.17) is 5.73 Å². The number of hydrogen-bond acceptors (Lipinski definition) is 1. The lowest BCUT2D eigenvalue weighted by molar-refractivity contribution is -0.307. The van der Waals surface area contributed by atoms with E-state index in [1.807, 2.05) is 0 Å². The van der Waals surface area contributed by atoms with Gasteiger partial charge in [0.25, 0.3) is 0 Å². The van der Waals surface area contributed by atoms with Crippen LogP contribution in [-0.4, -0.2) is 29.3 Å². The van der Waals surface area contributed by atoms with Gasteiger partial charge in [0, 0.05) is 29.1 Å². The predicted molar refractivity (Wildman–Crippen MR) is 105 cm³/mol. The summed E-state index contributed by atoms with van der Waals surface area (Å²) < 4.78 is 4.95. The highest BCUT2D eigenvalue weighted by Gasteiger charge is 2.26. The molecule has 4 heteroatoms. The summed E-state index contributed by atoms with van der Waals surface area (Å²) in [7, 11) is -0.445. The fourth-order valence-electron chi connectivity index (χ4n) is 4.02. The van der Waals surface area contributed by atoms with Gasteiger partial charge in [0.15, 0.2) is 5.70 Å². The average molecular weight is 315 g/mol. The van der Waals surface area contributed by atoms with Crippen molar-refractivity contribution in [1.82, 2.24) is 4.48 Å². The highest BCUT2D eigenvalue weighted by atomic mass is 15.1. The van der Waals surface area contributed by atoms with Gasteiger partial charge in [0.1, 0.15) is 6.21 Å². The predicted octanol–water partition coefficient (Wildman–Crippen LogP) is 2.54. The van der Waals surface area contributed by atoms with E-state index >= 15 is 0 Å². The quantitative estimate of drug-likeness (QED) is 0.865. The number of allylic oxidation sites excluding steroid dienone is 2. The Morgan fingerprint density at radius 2 is 2.04 bits per heavy atom. The second kappa shape index (κ2) is 6.14. The molecular formula is C20H22BN3. The van der Waals surface area contributed by atoms with Crippen LogP contribution in [-0.2, 0) is 0 Å². The number of aryl methyl sites for hydroxylation is 1. The zero-order valence-electron chi connectivity index (χ0n) is 14.2. The second-order valence-electron chi connectivity index (χ2n) is 6.63. The third-order valence-corrected chi connectivity index (χ3v) is 5.06. The normalized spacial score (nSPS) is 15.8. The summed E-state index contributed by atoms with van der Waals surface area (Å²) in [5.74, 6) is 0. The van der Waals surface area contributed by atoms with E-state index in [0.29, 0.717) is 6.54 Å². The van der Waals surface area contributed by atoms with Gasteiger partial charge in [-0.05, 0) is 43.2 Å². The molecule has 3 heterocycles. The fourth-order valence-corrected chi connectivity index (χ4v) is 4.02. The summed E-state index contributed by atoms with van der Waals surface area (Å²) in [6.45, 7) is 2.90. The van der Waals surface area contributed by atoms with Gasteiger partial charge in [0.2, 0.25) is 0 Å². The summed E-state index contributed by atoms with van der Waals surface area (Å²) >= 11 is 0. The topological polar surface area (TPSA) is 34.0 Å². The molecule has 2 N–H and O–H groups in total. The van der Waals surface area contributed by atoms with Crippen LogP contribution in [0.2, 0.25) is 0 Å². The molecule has 2 aromatic rings. The number of nitrogens with two attached hydrogens (primary N) is 1. The molecular weight excluding hydrogens is 293 g/mol. The van der Waals surface area contributed by atoms with Crippen molar-refractivity contribution in [3.05, 3.63) is 76.8 Å². The molecule has 0 saturated heterocycles. The maximum absolute atomic E-state index is 5.89. The highest BCUT2D eigenvalue weighted by molar-refractivity contribution is 6.28. The van der Waals surface area contributed by atoms with Crippen LogP contribution in [0.15, 0.2) is 54.2 Å². The molecule has 0 radical (unpaired) electrons. The minimum atomic E-state index is -0.445. The van der Waals surface area contributed by atoms with Crippen LogP contribution in [0, 0.1) is 6.92 Å². The van der Waals surface area contributed by atoms with Crippen molar-refractivity contribution in [2.24, 2.45) is 5.73 Å². The first-order valence-electron chi connectivity index (χ1n) is 8.69. The molecule has 0 amide bonds. The molecule has 0 saturated carbocycles. The zero-order valence-corrected chi connectivity index (χ0v) is 14.2. The van der Waals surface area contributed by atoms with Gasteiger partial charge < -0.3 is 14.7 Å². The Bertz CT molecular complexity index is 898. The lowest BCUT2D eigenvalue weighted by Gasteiger charge is -2.26. The Labute approximate surface area is 143 Å². The van der Waals surface area contributed by atoms with Crippen LogP contribution in [0.4, 0.5) is 0 Å². The van der Waals surface area contributed by atoms with Crippen molar-refractivity contribution < 1.29 is 4.49 Å². The maximum atomic E-state index is 5.89. The largest absolute Gasteiger partial charge is 0.460 e. The van der Waals surface area contributed by atoms with Crippen LogP contribution in [0.3, 0.4) is 0 Å². The van der Waals surface area contributed by atoms with Crippen molar-refractivity contribution in [2.45, 2.75) is 13.3 Å². The van der Waals surface area contributed by atoms with E-state index in [2.05, 4.69) is 82.8 Å². The molecule has 24 heavy (non-hydrogen) atoms. The number of rotatable bonds is 4. The van der Waals surface area contributed by atoms with Crippen molar-refractivity contribution in [3.63, 3.8) is 0 Å². The van der Waals surface area contributed by atoms with E-state index in [1.165, 1.54) is 33.8 Å². The monoisotopic (exact) mass is 315 g/mol. The third-order valence-electron chi connectivity index (χ3n) is 5.06. The van der Waals surface area contributed by atoms with Crippen LogP contribution in [0.5, 0.6) is 0 Å². The molecule has 0 fully saturated rings. The first kappa shape index (κ1) is 15.0. The van der Waals surface area contributed by atoms with Crippen molar-refractivity contribution in [1.29, 1.82) is 0 Å². The third kappa shape index (κ3) is 2.49. The molecule has 120 valence electrons.